The minimum Gasteiger partial charge on any atom is -0.462 e. The van der Waals surface area contributed by atoms with Gasteiger partial charge >= 0.3 is 5.97 Å². The van der Waals surface area contributed by atoms with Crippen molar-refractivity contribution in [2.75, 3.05) is 6.61 Å². The fourth-order valence-corrected chi connectivity index (χ4v) is 3.54. The highest BCUT2D eigenvalue weighted by Gasteiger charge is 2.25. The molecule has 19 heavy (non-hydrogen) atoms. The van der Waals surface area contributed by atoms with Gasteiger partial charge in [-0.15, -0.1) is 11.3 Å². The molecule has 1 heterocycles. The van der Waals surface area contributed by atoms with E-state index in [1.165, 1.54) is 29.0 Å². The predicted molar refractivity (Wildman–Crippen MR) is 74.6 cm³/mol. The van der Waals surface area contributed by atoms with Crippen LogP contribution in [0, 0.1) is 0 Å². The Labute approximate surface area is 116 Å². The third-order valence-electron chi connectivity index (χ3n) is 3.12. The van der Waals surface area contributed by atoms with Crippen molar-refractivity contribution in [1.29, 1.82) is 0 Å². The minimum absolute atomic E-state index is 0.313. The van der Waals surface area contributed by atoms with Crippen LogP contribution in [0.3, 0.4) is 0 Å². The van der Waals surface area contributed by atoms with Crippen molar-refractivity contribution in [2.45, 2.75) is 39.0 Å². The molecule has 0 aromatic carbocycles. The molecule has 0 fully saturated rings. The van der Waals surface area contributed by atoms with Crippen LogP contribution in [-0.4, -0.2) is 24.1 Å². The lowest BCUT2D eigenvalue weighted by Gasteiger charge is -2.05. The molecule has 0 radical (unpaired) electrons. The molecule has 0 spiro atoms. The first-order valence-electron chi connectivity index (χ1n) is 6.51. The molecule has 1 aromatic heterocycles. The van der Waals surface area contributed by atoms with Crippen LogP contribution in [-0.2, 0) is 17.6 Å². The van der Waals surface area contributed by atoms with E-state index in [0.717, 1.165) is 31.2 Å². The second kappa shape index (κ2) is 6.68. The molecule has 1 aromatic rings. The van der Waals surface area contributed by atoms with Crippen molar-refractivity contribution in [3.63, 3.8) is 0 Å². The van der Waals surface area contributed by atoms with Crippen molar-refractivity contribution in [1.82, 2.24) is 5.48 Å². The van der Waals surface area contributed by atoms with Crippen LogP contribution in [0.2, 0.25) is 0 Å². The normalized spacial score (nSPS) is 15.1. The van der Waals surface area contributed by atoms with Crippen molar-refractivity contribution >= 4 is 28.6 Å². The second-order valence-corrected chi connectivity index (χ2v) is 5.44. The van der Waals surface area contributed by atoms with Crippen LogP contribution in [0.4, 0.5) is 5.00 Å². The Bertz CT molecular complexity index is 482. The maximum atomic E-state index is 12.1. The molecule has 0 aliphatic heterocycles. The molecule has 0 saturated heterocycles. The molecule has 104 valence electrons. The summed E-state index contributed by atoms with van der Waals surface area (Å²) in [7, 11) is 0. The monoisotopic (exact) mass is 282 g/mol. The summed E-state index contributed by atoms with van der Waals surface area (Å²) in [5.41, 5.74) is 3.54. The molecule has 1 aliphatic carbocycles. The van der Waals surface area contributed by atoms with Gasteiger partial charge in [0.1, 0.15) is 11.3 Å². The Morgan fingerprint density at radius 3 is 3.00 bits per heavy atom. The first kappa shape index (κ1) is 14.0. The lowest BCUT2D eigenvalue weighted by molar-refractivity contribution is 0.0526. The van der Waals surface area contributed by atoms with E-state index in [1.807, 2.05) is 5.48 Å². The summed E-state index contributed by atoms with van der Waals surface area (Å²) >= 11 is 1.52. The number of rotatable bonds is 4. The molecule has 1 aliphatic rings. The number of hydrogen-bond donors (Lipinski definition) is 2. The standard InChI is InChI=1S/C13H18N2O3S/c1-2-18-13(16)11-9-6-4-3-5-7-10(9)19-12(11)14-8-15-17/h8,17H,2-7H2,1H3,(H,14,15). The number of aryl methyl sites for hydroxylation is 1. The molecule has 0 bridgehead atoms. The Morgan fingerprint density at radius 1 is 1.47 bits per heavy atom. The molecule has 6 heteroatoms. The van der Waals surface area contributed by atoms with E-state index in [4.69, 9.17) is 9.94 Å². The number of thiophene rings is 1. The average Bonchev–Trinajstić information content (AvgIpc) is 2.58. The van der Waals surface area contributed by atoms with Crippen LogP contribution in [0.15, 0.2) is 4.99 Å². The molecule has 5 nitrogen and oxygen atoms in total. The zero-order chi connectivity index (χ0) is 13.7. The number of aliphatic imine (C=N–C) groups is 1. The fraction of sp³-hybridized carbons (Fsp3) is 0.538. The van der Waals surface area contributed by atoms with E-state index < -0.39 is 0 Å². The summed E-state index contributed by atoms with van der Waals surface area (Å²) in [6.07, 6.45) is 6.51. The Balaban J connectivity index is 2.42. The van der Waals surface area contributed by atoms with Crippen LogP contribution < -0.4 is 5.48 Å². The van der Waals surface area contributed by atoms with Gasteiger partial charge < -0.3 is 4.74 Å². The van der Waals surface area contributed by atoms with Crippen LogP contribution in [0.25, 0.3) is 0 Å². The van der Waals surface area contributed by atoms with E-state index in [1.54, 1.807) is 6.92 Å². The molecule has 2 rings (SSSR count). The number of esters is 1. The smallest absolute Gasteiger partial charge is 0.341 e. The number of fused-ring (bicyclic) bond motifs is 1. The van der Waals surface area contributed by atoms with E-state index in [-0.39, 0.29) is 5.97 Å². The van der Waals surface area contributed by atoms with Gasteiger partial charge in [0, 0.05) is 4.88 Å². The van der Waals surface area contributed by atoms with Gasteiger partial charge in [-0.25, -0.2) is 9.79 Å². The van der Waals surface area contributed by atoms with Crippen molar-refractivity contribution in [3.8, 4) is 0 Å². The topological polar surface area (TPSA) is 70.9 Å². The van der Waals surface area contributed by atoms with E-state index >= 15 is 0 Å². The summed E-state index contributed by atoms with van der Waals surface area (Å²) in [5.74, 6) is -0.313. The summed E-state index contributed by atoms with van der Waals surface area (Å²) < 4.78 is 5.12. The first-order valence-corrected chi connectivity index (χ1v) is 7.33. The summed E-state index contributed by atoms with van der Waals surface area (Å²) in [6.45, 7) is 2.14. The number of nitrogens with zero attached hydrogens (tertiary/aromatic N) is 1. The largest absolute Gasteiger partial charge is 0.462 e. The summed E-state index contributed by atoms with van der Waals surface area (Å²) in [5, 5.41) is 9.21. The Hall–Kier alpha value is -1.40. The molecule has 2 N–H and O–H groups in total. The summed E-state index contributed by atoms with van der Waals surface area (Å²) in [6, 6.07) is 0. The number of hydrogen-bond acceptors (Lipinski definition) is 5. The quantitative estimate of drug-likeness (QED) is 0.293. The van der Waals surface area contributed by atoms with Crippen LogP contribution in [0.1, 0.15) is 47.0 Å². The van der Waals surface area contributed by atoms with Crippen LogP contribution in [0.5, 0.6) is 0 Å². The Morgan fingerprint density at radius 2 is 2.26 bits per heavy atom. The number of hydroxylamine groups is 1. The first-order chi connectivity index (χ1) is 9.27. The number of carbonyl (C=O) groups excluding carboxylic acids is 1. The molecular formula is C13H18N2O3S. The molecule has 0 amide bonds. The zero-order valence-corrected chi connectivity index (χ0v) is 11.8. The molecule has 0 unspecified atom stereocenters. The average molecular weight is 282 g/mol. The second-order valence-electron chi connectivity index (χ2n) is 4.35. The van der Waals surface area contributed by atoms with Gasteiger partial charge in [0.05, 0.1) is 12.2 Å². The van der Waals surface area contributed by atoms with Gasteiger partial charge in [-0.3, -0.25) is 10.7 Å². The fourth-order valence-electron chi connectivity index (χ4n) is 2.32. The van der Waals surface area contributed by atoms with Crippen molar-refractivity contribution in [2.24, 2.45) is 4.99 Å². The van der Waals surface area contributed by atoms with Gasteiger partial charge in [0.25, 0.3) is 0 Å². The number of ether oxygens (including phenoxy) is 1. The third-order valence-corrected chi connectivity index (χ3v) is 4.32. The number of carbonyl (C=O) groups is 1. The van der Waals surface area contributed by atoms with E-state index in [2.05, 4.69) is 4.99 Å². The third kappa shape index (κ3) is 3.13. The van der Waals surface area contributed by atoms with Gasteiger partial charge in [-0.2, -0.15) is 0 Å². The molecule has 0 saturated carbocycles. The minimum atomic E-state index is -0.313. The SMILES string of the molecule is CCOC(=O)c1c(/N=C/NO)sc2c1CCCCC2. The predicted octanol–water partition coefficient (Wildman–Crippen LogP) is 2.83. The zero-order valence-electron chi connectivity index (χ0n) is 10.9. The van der Waals surface area contributed by atoms with Gasteiger partial charge in [-0.05, 0) is 38.2 Å². The Kier molecular flexibility index (Phi) is 4.93. The van der Waals surface area contributed by atoms with Gasteiger partial charge in [0.15, 0.2) is 0 Å². The number of nitrogens with one attached hydrogen (secondary N) is 1. The van der Waals surface area contributed by atoms with E-state index in [0.29, 0.717) is 17.2 Å². The van der Waals surface area contributed by atoms with Crippen LogP contribution >= 0.6 is 11.3 Å². The molecule has 0 atom stereocenters. The van der Waals surface area contributed by atoms with E-state index in [9.17, 15) is 4.79 Å². The lowest BCUT2D eigenvalue weighted by Crippen LogP contribution is -2.07. The lowest BCUT2D eigenvalue weighted by atomic mass is 10.1. The molecular weight excluding hydrogens is 264 g/mol. The maximum Gasteiger partial charge on any atom is 0.341 e. The van der Waals surface area contributed by atoms with Gasteiger partial charge in [0.2, 0.25) is 0 Å². The highest BCUT2D eigenvalue weighted by molar-refractivity contribution is 7.16. The highest BCUT2D eigenvalue weighted by atomic mass is 32.1. The van der Waals surface area contributed by atoms with Gasteiger partial charge in [-0.1, -0.05) is 6.42 Å². The van der Waals surface area contributed by atoms with Crippen molar-refractivity contribution in [3.05, 3.63) is 16.0 Å². The summed E-state index contributed by atoms with van der Waals surface area (Å²) in [4.78, 5) is 17.4. The highest BCUT2D eigenvalue weighted by Crippen LogP contribution is 2.39. The maximum absolute atomic E-state index is 12.1. The van der Waals surface area contributed by atoms with Crippen molar-refractivity contribution < 1.29 is 14.7 Å².